The molecule has 1 N–H and O–H groups in total. The highest BCUT2D eigenvalue weighted by atomic mass is 32.2. The summed E-state index contributed by atoms with van der Waals surface area (Å²) >= 11 is 0. The van der Waals surface area contributed by atoms with E-state index >= 15 is 0 Å². The number of aryl methyl sites for hydroxylation is 2. The summed E-state index contributed by atoms with van der Waals surface area (Å²) in [4.78, 5) is 0.400. The van der Waals surface area contributed by atoms with Crippen molar-refractivity contribution in [1.29, 1.82) is 0 Å². The van der Waals surface area contributed by atoms with E-state index in [-0.39, 0.29) is 16.3 Å². The summed E-state index contributed by atoms with van der Waals surface area (Å²) in [6.07, 6.45) is 4.95. The molecule has 1 heterocycles. The van der Waals surface area contributed by atoms with Crippen molar-refractivity contribution in [2.24, 2.45) is 0 Å². The molecule has 0 amide bonds. The Morgan fingerprint density at radius 3 is 2.00 bits per heavy atom. The summed E-state index contributed by atoms with van der Waals surface area (Å²) in [5, 5.41) is 0.755. The predicted molar refractivity (Wildman–Crippen MR) is 131 cm³/mol. The van der Waals surface area contributed by atoms with Crippen molar-refractivity contribution in [3.05, 3.63) is 102 Å². The van der Waals surface area contributed by atoms with Crippen LogP contribution in [0, 0.1) is 13.8 Å². The van der Waals surface area contributed by atoms with Crippen molar-refractivity contribution in [3.8, 4) is 0 Å². The molecule has 0 atom stereocenters. The molecule has 4 aromatic rings. The number of nitrogens with zero attached hydrogens (tertiary/aromatic N) is 1. The first-order chi connectivity index (χ1) is 15.7. The number of fused-ring (bicyclic) bond motifs is 1. The van der Waals surface area contributed by atoms with E-state index in [1.807, 2.05) is 26.0 Å². The van der Waals surface area contributed by atoms with Gasteiger partial charge in [0.05, 0.1) is 15.3 Å². The minimum Gasteiger partial charge on any atom is -0.241 e. The summed E-state index contributed by atoms with van der Waals surface area (Å²) in [6.45, 7) is 3.86. The Hall–Kier alpha value is -3.20. The smallest absolute Gasteiger partial charge is 0.241 e. The third-order valence-corrected chi connectivity index (χ3v) is 8.43. The summed E-state index contributed by atoms with van der Waals surface area (Å²) in [5.41, 5.74) is 3.18. The van der Waals surface area contributed by atoms with Crippen molar-refractivity contribution < 1.29 is 16.8 Å². The van der Waals surface area contributed by atoms with Crippen molar-refractivity contribution >= 4 is 37.0 Å². The van der Waals surface area contributed by atoms with Crippen LogP contribution >= 0.6 is 0 Å². The number of benzene rings is 3. The lowest BCUT2D eigenvalue weighted by Gasteiger charge is -2.07. The van der Waals surface area contributed by atoms with Gasteiger partial charge in [-0.15, -0.1) is 0 Å². The molecule has 0 aliphatic rings. The van der Waals surface area contributed by atoms with Crippen LogP contribution in [-0.2, 0) is 20.0 Å². The zero-order valence-corrected chi connectivity index (χ0v) is 19.9. The molecule has 0 bridgehead atoms. The molecule has 4 rings (SSSR count). The van der Waals surface area contributed by atoms with Crippen molar-refractivity contribution in [1.82, 2.24) is 8.69 Å². The van der Waals surface area contributed by atoms with Gasteiger partial charge in [0, 0.05) is 23.7 Å². The Balaban J connectivity index is 1.61. The van der Waals surface area contributed by atoms with Gasteiger partial charge in [-0.25, -0.2) is 25.5 Å². The quantitative estimate of drug-likeness (QED) is 0.422. The molecule has 0 aliphatic heterocycles. The van der Waals surface area contributed by atoms with Gasteiger partial charge in [-0.3, -0.25) is 0 Å². The second kappa shape index (κ2) is 8.97. The first-order valence-corrected chi connectivity index (χ1v) is 13.3. The largest absolute Gasteiger partial charge is 0.268 e. The predicted octanol–water partition coefficient (Wildman–Crippen LogP) is 4.49. The van der Waals surface area contributed by atoms with Gasteiger partial charge in [0.2, 0.25) is 10.0 Å². The van der Waals surface area contributed by atoms with E-state index in [0.717, 1.165) is 16.5 Å². The molecule has 170 valence electrons. The van der Waals surface area contributed by atoms with Crippen LogP contribution in [0.25, 0.3) is 17.0 Å². The number of rotatable bonds is 7. The first-order valence-electron chi connectivity index (χ1n) is 10.3. The van der Waals surface area contributed by atoms with Crippen LogP contribution in [0.5, 0.6) is 0 Å². The molecule has 0 fully saturated rings. The molecule has 0 saturated heterocycles. The molecule has 33 heavy (non-hydrogen) atoms. The van der Waals surface area contributed by atoms with E-state index in [9.17, 15) is 16.8 Å². The lowest BCUT2D eigenvalue weighted by atomic mass is 10.1. The molecule has 1 aromatic heterocycles. The normalized spacial score (nSPS) is 12.5. The number of para-hydroxylation sites is 1. The van der Waals surface area contributed by atoms with Gasteiger partial charge in [-0.05, 0) is 44.2 Å². The van der Waals surface area contributed by atoms with Gasteiger partial charge in [-0.1, -0.05) is 65.7 Å². The molecule has 0 aliphatic carbocycles. The standard InChI is InChI=1S/C25H24N2O4S2/c1-19-9-13-22(14-10-19)32(28,29)26-17-5-6-21-18-27(25-8-4-3-7-24(21)25)33(30,31)23-15-11-20(2)12-16-23/h3-16,18,26H,17H2,1-2H3/b6-5+. The van der Waals surface area contributed by atoms with E-state index in [2.05, 4.69) is 4.72 Å². The second-order valence-electron chi connectivity index (χ2n) is 7.78. The molecule has 6 nitrogen and oxygen atoms in total. The monoisotopic (exact) mass is 480 g/mol. The SMILES string of the molecule is Cc1ccc(S(=O)(=O)NC/C=C/c2cn(S(=O)(=O)c3ccc(C)cc3)c3ccccc23)cc1. The zero-order valence-electron chi connectivity index (χ0n) is 18.3. The Labute approximate surface area is 194 Å². The molecule has 0 spiro atoms. The number of sulfonamides is 1. The van der Waals surface area contributed by atoms with Crippen molar-refractivity contribution in [2.75, 3.05) is 6.54 Å². The molecule has 3 aromatic carbocycles. The van der Waals surface area contributed by atoms with Gasteiger partial charge >= 0.3 is 0 Å². The fraction of sp³-hybridized carbons (Fsp3) is 0.120. The summed E-state index contributed by atoms with van der Waals surface area (Å²) in [5.74, 6) is 0. The number of hydrogen-bond donors (Lipinski definition) is 1. The lowest BCUT2D eigenvalue weighted by Crippen LogP contribution is -2.23. The number of nitrogens with one attached hydrogen (secondary N) is 1. The van der Waals surface area contributed by atoms with Crippen LogP contribution in [0.2, 0.25) is 0 Å². The fourth-order valence-corrected chi connectivity index (χ4v) is 5.83. The minimum absolute atomic E-state index is 0.0699. The average Bonchev–Trinajstić information content (AvgIpc) is 3.17. The van der Waals surface area contributed by atoms with Crippen LogP contribution in [0.1, 0.15) is 16.7 Å². The highest BCUT2D eigenvalue weighted by molar-refractivity contribution is 7.90. The molecule has 8 heteroatoms. The van der Waals surface area contributed by atoms with Gasteiger partial charge in [0.25, 0.3) is 10.0 Å². The van der Waals surface area contributed by atoms with Gasteiger partial charge in [-0.2, -0.15) is 0 Å². The summed E-state index contributed by atoms with van der Waals surface area (Å²) in [6, 6.07) is 20.5. The van der Waals surface area contributed by atoms with E-state index in [1.165, 1.54) is 3.97 Å². The number of hydrogen-bond acceptors (Lipinski definition) is 4. The summed E-state index contributed by atoms with van der Waals surface area (Å²) < 4.78 is 55.2. The Morgan fingerprint density at radius 1 is 0.788 bits per heavy atom. The third kappa shape index (κ3) is 4.78. The van der Waals surface area contributed by atoms with E-state index < -0.39 is 20.0 Å². The van der Waals surface area contributed by atoms with Gasteiger partial charge < -0.3 is 0 Å². The fourth-order valence-electron chi connectivity index (χ4n) is 3.48. The minimum atomic E-state index is -3.78. The van der Waals surface area contributed by atoms with Crippen LogP contribution in [0.15, 0.2) is 94.9 Å². The van der Waals surface area contributed by atoms with E-state index in [1.54, 1.807) is 79.0 Å². The molecule has 0 radical (unpaired) electrons. The topological polar surface area (TPSA) is 85.2 Å². The third-order valence-electron chi connectivity index (χ3n) is 5.31. The van der Waals surface area contributed by atoms with Crippen LogP contribution < -0.4 is 4.72 Å². The van der Waals surface area contributed by atoms with Gasteiger partial charge in [0.1, 0.15) is 0 Å². The average molecular weight is 481 g/mol. The maximum atomic E-state index is 13.3. The first kappa shape index (κ1) is 23.0. The van der Waals surface area contributed by atoms with Crippen molar-refractivity contribution in [3.63, 3.8) is 0 Å². The molecule has 0 unspecified atom stereocenters. The van der Waals surface area contributed by atoms with Crippen LogP contribution in [0.3, 0.4) is 0 Å². The Kier molecular flexibility index (Phi) is 6.25. The van der Waals surface area contributed by atoms with E-state index in [0.29, 0.717) is 11.1 Å². The second-order valence-corrected chi connectivity index (χ2v) is 11.4. The van der Waals surface area contributed by atoms with Crippen molar-refractivity contribution in [2.45, 2.75) is 23.6 Å². The van der Waals surface area contributed by atoms with Crippen LogP contribution in [-0.4, -0.2) is 27.4 Å². The molecular weight excluding hydrogens is 456 g/mol. The molecule has 0 saturated carbocycles. The number of aromatic nitrogens is 1. The van der Waals surface area contributed by atoms with Crippen LogP contribution in [0.4, 0.5) is 0 Å². The Bertz CT molecular complexity index is 1530. The lowest BCUT2D eigenvalue weighted by molar-refractivity contribution is 0.585. The molecular formula is C25H24N2O4S2. The van der Waals surface area contributed by atoms with Gasteiger partial charge in [0.15, 0.2) is 0 Å². The highest BCUT2D eigenvalue weighted by Crippen LogP contribution is 2.27. The maximum absolute atomic E-state index is 13.3. The summed E-state index contributed by atoms with van der Waals surface area (Å²) in [7, 11) is -7.42. The zero-order chi connectivity index (χ0) is 23.6. The Morgan fingerprint density at radius 2 is 1.36 bits per heavy atom. The maximum Gasteiger partial charge on any atom is 0.268 e. The highest BCUT2D eigenvalue weighted by Gasteiger charge is 2.20. The van der Waals surface area contributed by atoms with E-state index in [4.69, 9.17) is 0 Å².